The second-order valence-corrected chi connectivity index (χ2v) is 4.63. The van der Waals surface area contributed by atoms with Gasteiger partial charge in [0.2, 0.25) is 0 Å². The van der Waals surface area contributed by atoms with E-state index in [0.29, 0.717) is 0 Å². The Morgan fingerprint density at radius 3 is 2.29 bits per heavy atom. The van der Waals surface area contributed by atoms with Crippen LogP contribution < -0.4 is 5.32 Å². The van der Waals surface area contributed by atoms with Crippen molar-refractivity contribution in [3.05, 3.63) is 0 Å². The number of hydrogen-bond donors (Lipinski definition) is 1. The summed E-state index contributed by atoms with van der Waals surface area (Å²) in [5.74, 6) is 0. The van der Waals surface area contributed by atoms with Crippen molar-refractivity contribution in [1.82, 2.24) is 10.2 Å². The first-order valence-corrected chi connectivity index (χ1v) is 6.42. The van der Waals surface area contributed by atoms with Gasteiger partial charge >= 0.3 is 0 Å². The van der Waals surface area contributed by atoms with Gasteiger partial charge in [0, 0.05) is 31.2 Å². The van der Waals surface area contributed by atoms with Crippen molar-refractivity contribution in [3.63, 3.8) is 0 Å². The average molecular weight is 196 g/mol. The fourth-order valence-corrected chi connectivity index (χ4v) is 3.28. The lowest BCUT2D eigenvalue weighted by Gasteiger charge is -2.32. The minimum atomic E-state index is 0.843. The van der Waals surface area contributed by atoms with Crippen molar-refractivity contribution >= 4 is 0 Å². The van der Waals surface area contributed by atoms with E-state index in [0.717, 1.165) is 18.1 Å². The van der Waals surface area contributed by atoms with E-state index >= 15 is 0 Å². The molecular weight excluding hydrogens is 172 g/mol. The Bertz CT molecular complexity index is 175. The minimum absolute atomic E-state index is 0.843. The largest absolute Gasteiger partial charge is 0.311 e. The van der Waals surface area contributed by atoms with Crippen molar-refractivity contribution in [2.75, 3.05) is 13.1 Å². The van der Waals surface area contributed by atoms with Crippen molar-refractivity contribution in [2.45, 2.75) is 64.1 Å². The van der Waals surface area contributed by atoms with Crippen LogP contribution in [-0.4, -0.2) is 36.1 Å². The van der Waals surface area contributed by atoms with Gasteiger partial charge in [-0.2, -0.15) is 0 Å². The maximum atomic E-state index is 3.57. The molecule has 1 aliphatic carbocycles. The second kappa shape index (κ2) is 4.63. The molecule has 2 aliphatic heterocycles. The van der Waals surface area contributed by atoms with Crippen molar-refractivity contribution < 1.29 is 0 Å². The van der Waals surface area contributed by atoms with E-state index in [9.17, 15) is 0 Å². The molecule has 2 nitrogen and oxygen atoms in total. The molecule has 0 amide bonds. The predicted molar refractivity (Wildman–Crippen MR) is 60.5 cm³/mol. The van der Waals surface area contributed by atoms with Crippen LogP contribution in [0.2, 0.25) is 0 Å². The van der Waals surface area contributed by atoms with E-state index in [1.165, 1.54) is 45.2 Å². The molecule has 2 heterocycles. The van der Waals surface area contributed by atoms with Gasteiger partial charge in [0.1, 0.15) is 0 Å². The lowest BCUT2D eigenvalue weighted by molar-refractivity contribution is 0.161. The summed E-state index contributed by atoms with van der Waals surface area (Å²) < 4.78 is 0. The molecule has 1 N–H and O–H groups in total. The topological polar surface area (TPSA) is 15.3 Å². The Labute approximate surface area is 88.1 Å². The first-order chi connectivity index (χ1) is 6.93. The smallest absolute Gasteiger partial charge is 0.0239 e. The molecule has 2 saturated heterocycles. The Hall–Kier alpha value is -0.0800. The van der Waals surface area contributed by atoms with Gasteiger partial charge in [-0.05, 0) is 19.3 Å². The SMILES string of the molecule is C1CCC(N2CC3CC2CN3)C1.CC. The Kier molecular flexibility index (Phi) is 3.45. The van der Waals surface area contributed by atoms with Gasteiger partial charge in [-0.15, -0.1) is 0 Å². The summed E-state index contributed by atoms with van der Waals surface area (Å²) in [5.41, 5.74) is 0. The zero-order valence-electron chi connectivity index (χ0n) is 9.63. The molecule has 0 aromatic rings. The van der Waals surface area contributed by atoms with Gasteiger partial charge in [0.15, 0.2) is 0 Å². The highest BCUT2D eigenvalue weighted by molar-refractivity contribution is 5.00. The molecule has 3 aliphatic rings. The highest BCUT2D eigenvalue weighted by Gasteiger charge is 2.41. The first-order valence-electron chi connectivity index (χ1n) is 6.42. The monoisotopic (exact) mass is 196 g/mol. The van der Waals surface area contributed by atoms with Crippen LogP contribution >= 0.6 is 0 Å². The zero-order chi connectivity index (χ0) is 9.97. The fraction of sp³-hybridized carbons (Fsp3) is 1.00. The summed E-state index contributed by atoms with van der Waals surface area (Å²) in [6.45, 7) is 6.61. The summed E-state index contributed by atoms with van der Waals surface area (Å²) >= 11 is 0. The fourth-order valence-electron chi connectivity index (χ4n) is 3.28. The number of likely N-dealkylation sites (tertiary alicyclic amines) is 1. The van der Waals surface area contributed by atoms with Gasteiger partial charge in [0.25, 0.3) is 0 Å². The molecule has 1 saturated carbocycles. The minimum Gasteiger partial charge on any atom is -0.311 e. The highest BCUT2D eigenvalue weighted by Crippen LogP contribution is 2.32. The number of nitrogens with one attached hydrogen (secondary N) is 1. The Morgan fingerprint density at radius 2 is 1.79 bits per heavy atom. The molecule has 3 fully saturated rings. The highest BCUT2D eigenvalue weighted by atomic mass is 15.3. The van der Waals surface area contributed by atoms with Gasteiger partial charge in [-0.25, -0.2) is 0 Å². The van der Waals surface area contributed by atoms with E-state index in [-0.39, 0.29) is 0 Å². The molecule has 2 unspecified atom stereocenters. The normalized spacial score (nSPS) is 37.3. The van der Waals surface area contributed by atoms with Crippen LogP contribution in [0, 0.1) is 0 Å². The molecule has 2 heteroatoms. The molecule has 82 valence electrons. The molecule has 14 heavy (non-hydrogen) atoms. The molecule has 0 spiro atoms. The number of hydrogen-bond acceptors (Lipinski definition) is 2. The molecule has 2 atom stereocenters. The third kappa shape index (κ3) is 1.82. The quantitative estimate of drug-likeness (QED) is 0.690. The lowest BCUT2D eigenvalue weighted by atomic mass is 10.2. The summed E-state index contributed by atoms with van der Waals surface area (Å²) in [5, 5.41) is 3.57. The number of piperazine rings is 1. The Balaban J connectivity index is 0.000000354. The van der Waals surface area contributed by atoms with Crippen LogP contribution in [0.1, 0.15) is 46.0 Å². The average Bonchev–Trinajstić information content (AvgIpc) is 2.97. The van der Waals surface area contributed by atoms with Gasteiger partial charge in [-0.3, -0.25) is 4.90 Å². The van der Waals surface area contributed by atoms with Crippen LogP contribution in [0.25, 0.3) is 0 Å². The maximum absolute atomic E-state index is 3.57. The van der Waals surface area contributed by atoms with E-state index in [2.05, 4.69) is 10.2 Å². The van der Waals surface area contributed by atoms with Crippen LogP contribution in [0.4, 0.5) is 0 Å². The van der Waals surface area contributed by atoms with E-state index in [4.69, 9.17) is 0 Å². The molecule has 0 aromatic carbocycles. The summed E-state index contributed by atoms with van der Waals surface area (Å²) in [7, 11) is 0. The van der Waals surface area contributed by atoms with E-state index in [1.807, 2.05) is 13.8 Å². The van der Waals surface area contributed by atoms with Gasteiger partial charge < -0.3 is 5.32 Å². The number of nitrogens with zero attached hydrogens (tertiary/aromatic N) is 1. The van der Waals surface area contributed by atoms with Crippen LogP contribution in [0.3, 0.4) is 0 Å². The van der Waals surface area contributed by atoms with E-state index in [1.54, 1.807) is 0 Å². The summed E-state index contributed by atoms with van der Waals surface area (Å²) in [4.78, 5) is 2.79. The summed E-state index contributed by atoms with van der Waals surface area (Å²) in [6, 6.07) is 2.70. The maximum Gasteiger partial charge on any atom is 0.0239 e. The van der Waals surface area contributed by atoms with Gasteiger partial charge in [0.05, 0.1) is 0 Å². The zero-order valence-corrected chi connectivity index (χ0v) is 9.63. The number of fused-ring (bicyclic) bond motifs is 2. The van der Waals surface area contributed by atoms with Gasteiger partial charge in [-0.1, -0.05) is 26.7 Å². The van der Waals surface area contributed by atoms with E-state index < -0.39 is 0 Å². The van der Waals surface area contributed by atoms with Crippen LogP contribution in [0.5, 0.6) is 0 Å². The van der Waals surface area contributed by atoms with Crippen molar-refractivity contribution in [1.29, 1.82) is 0 Å². The molecule has 0 aromatic heterocycles. The number of rotatable bonds is 1. The third-order valence-corrected chi connectivity index (χ3v) is 3.89. The third-order valence-electron chi connectivity index (χ3n) is 3.89. The summed E-state index contributed by atoms with van der Waals surface area (Å²) in [6.07, 6.45) is 7.33. The van der Waals surface area contributed by atoms with Crippen LogP contribution in [0.15, 0.2) is 0 Å². The lowest BCUT2D eigenvalue weighted by Crippen LogP contribution is -2.47. The molecular formula is C12H24N2. The van der Waals surface area contributed by atoms with Crippen molar-refractivity contribution in [3.8, 4) is 0 Å². The first kappa shape index (κ1) is 10.4. The molecule has 0 radical (unpaired) electrons. The van der Waals surface area contributed by atoms with Crippen molar-refractivity contribution in [2.24, 2.45) is 0 Å². The molecule has 2 bridgehead atoms. The predicted octanol–water partition coefficient (Wildman–Crippen LogP) is 2.00. The Morgan fingerprint density at radius 1 is 1.07 bits per heavy atom. The van der Waals surface area contributed by atoms with Crippen LogP contribution in [-0.2, 0) is 0 Å². The second-order valence-electron chi connectivity index (χ2n) is 4.63. The standard InChI is InChI=1S/C10H18N2.C2H6/c1-2-4-9(3-1)12-7-8-5-10(12)6-11-8;1-2/h8-11H,1-7H2;1-2H3. The molecule has 3 rings (SSSR count).